The molecule has 42 heavy (non-hydrogen) atoms. The second-order valence-corrected chi connectivity index (χ2v) is 10.7. The molecule has 1 aromatic heterocycles. The number of carbonyl (C=O) groups is 1. The maximum Gasteiger partial charge on any atom is 0.416 e. The van der Waals surface area contributed by atoms with Gasteiger partial charge in [-0.05, 0) is 67.8 Å². The second kappa shape index (κ2) is 11.2. The van der Waals surface area contributed by atoms with E-state index in [1.807, 2.05) is 0 Å². The zero-order chi connectivity index (χ0) is 31.2. The summed E-state index contributed by atoms with van der Waals surface area (Å²) in [6, 6.07) is 7.41. The number of aromatic nitrogens is 1. The third kappa shape index (κ3) is 6.21. The van der Waals surface area contributed by atoms with Crippen molar-refractivity contribution in [2.24, 2.45) is 0 Å². The maximum atomic E-state index is 13.8. The molecular weight excluding hydrogens is 571 g/mol. The van der Waals surface area contributed by atoms with Gasteiger partial charge in [-0.25, -0.2) is 9.37 Å². The molecule has 0 saturated carbocycles. The first-order chi connectivity index (χ1) is 19.4. The van der Waals surface area contributed by atoms with Crippen molar-refractivity contribution >= 4 is 17.4 Å². The van der Waals surface area contributed by atoms with Crippen molar-refractivity contribution in [2.45, 2.75) is 50.2 Å². The van der Waals surface area contributed by atoms with Crippen LogP contribution in [0.2, 0.25) is 0 Å². The summed E-state index contributed by atoms with van der Waals surface area (Å²) >= 11 is 0. The molecule has 0 aliphatic carbocycles. The number of carbonyl (C=O) groups excluding carboxylic acids is 1. The number of anilines is 2. The maximum absolute atomic E-state index is 13.8. The van der Waals surface area contributed by atoms with Crippen molar-refractivity contribution in [1.29, 1.82) is 0 Å². The first kappa shape index (κ1) is 31.2. The summed E-state index contributed by atoms with van der Waals surface area (Å²) in [7, 11) is 1.31. The fraction of sp³-hybridized carbons (Fsp3) is 0.379. The van der Waals surface area contributed by atoms with Crippen LogP contribution in [-0.2, 0) is 22.6 Å². The van der Waals surface area contributed by atoms with Gasteiger partial charge in [0, 0.05) is 19.2 Å². The number of rotatable bonds is 6. The molecule has 2 aromatic carbocycles. The highest BCUT2D eigenvalue weighted by Gasteiger charge is 2.41. The number of aliphatic hydroxyl groups is 2. The molecule has 1 fully saturated rings. The smallest absolute Gasteiger partial charge is 0.394 e. The Labute approximate surface area is 237 Å². The lowest BCUT2D eigenvalue weighted by atomic mass is 9.81. The predicted octanol–water partition coefficient (Wildman–Crippen LogP) is 5.80. The Morgan fingerprint density at radius 3 is 2.05 bits per heavy atom. The highest BCUT2D eigenvalue weighted by Crippen LogP contribution is 2.41. The van der Waals surface area contributed by atoms with Crippen molar-refractivity contribution in [1.82, 2.24) is 4.98 Å². The van der Waals surface area contributed by atoms with Gasteiger partial charge >= 0.3 is 12.4 Å². The van der Waals surface area contributed by atoms with E-state index >= 15 is 0 Å². The molecule has 13 heteroatoms. The zero-order valence-corrected chi connectivity index (χ0v) is 22.8. The molecule has 1 saturated heterocycles. The molecule has 6 nitrogen and oxygen atoms in total. The summed E-state index contributed by atoms with van der Waals surface area (Å²) in [5.74, 6) is -1.03. The van der Waals surface area contributed by atoms with Crippen LogP contribution in [0.15, 0.2) is 54.7 Å². The van der Waals surface area contributed by atoms with Crippen molar-refractivity contribution in [3.8, 4) is 11.1 Å². The van der Waals surface area contributed by atoms with Gasteiger partial charge in [-0.15, -0.1) is 0 Å². The van der Waals surface area contributed by atoms with Crippen molar-refractivity contribution in [2.75, 3.05) is 30.0 Å². The van der Waals surface area contributed by atoms with Gasteiger partial charge in [0.1, 0.15) is 11.6 Å². The summed E-state index contributed by atoms with van der Waals surface area (Å²) in [6.07, 6.45) is -9.32. The lowest BCUT2D eigenvalue weighted by Gasteiger charge is -2.32. The molecule has 1 aliphatic heterocycles. The van der Waals surface area contributed by atoms with E-state index in [0.29, 0.717) is 29.1 Å². The zero-order valence-electron chi connectivity index (χ0n) is 22.8. The van der Waals surface area contributed by atoms with E-state index in [1.54, 1.807) is 11.0 Å². The average molecular weight is 600 g/mol. The summed E-state index contributed by atoms with van der Waals surface area (Å²) < 4.78 is 94.9. The Morgan fingerprint density at radius 1 is 0.976 bits per heavy atom. The van der Waals surface area contributed by atoms with E-state index in [0.717, 1.165) is 4.90 Å². The van der Waals surface area contributed by atoms with E-state index in [4.69, 9.17) is 0 Å². The Kier molecular flexibility index (Phi) is 8.31. The number of alkyl halides is 6. The number of amides is 1. The number of nitrogens with zero attached hydrogens (tertiary/aromatic N) is 3. The molecule has 3 aromatic rings. The molecule has 226 valence electrons. The van der Waals surface area contributed by atoms with Crippen LogP contribution in [0, 0.1) is 5.82 Å². The fourth-order valence-corrected chi connectivity index (χ4v) is 5.04. The van der Waals surface area contributed by atoms with Crippen LogP contribution in [0.25, 0.3) is 11.1 Å². The minimum atomic E-state index is -5.09. The normalized spacial score (nSPS) is 18.0. The molecule has 2 heterocycles. The number of hydrogen-bond donors (Lipinski definition) is 2. The van der Waals surface area contributed by atoms with Crippen molar-refractivity contribution in [3.63, 3.8) is 0 Å². The van der Waals surface area contributed by atoms with Crippen molar-refractivity contribution in [3.05, 3.63) is 77.2 Å². The topological polar surface area (TPSA) is 76.9 Å². The Hall–Kier alpha value is -3.71. The summed E-state index contributed by atoms with van der Waals surface area (Å²) in [6.45, 7) is 2.34. The largest absolute Gasteiger partial charge is 0.416 e. The molecule has 1 amide bonds. The van der Waals surface area contributed by atoms with Gasteiger partial charge in [-0.3, -0.25) is 4.79 Å². The van der Waals surface area contributed by atoms with Gasteiger partial charge < -0.3 is 20.0 Å². The number of pyridine rings is 1. The van der Waals surface area contributed by atoms with Crippen molar-refractivity contribution < 1.29 is 45.7 Å². The Bertz CT molecular complexity index is 1420. The molecule has 4 rings (SSSR count). The quantitative estimate of drug-likeness (QED) is 0.351. The first-order valence-electron chi connectivity index (χ1n) is 12.8. The van der Waals surface area contributed by atoms with Crippen LogP contribution in [0.5, 0.6) is 0 Å². The highest BCUT2D eigenvalue weighted by atomic mass is 19.4. The van der Waals surface area contributed by atoms with Crippen LogP contribution in [0.1, 0.15) is 37.0 Å². The molecule has 0 radical (unpaired) electrons. The van der Waals surface area contributed by atoms with Crippen LogP contribution in [0.4, 0.5) is 42.2 Å². The lowest BCUT2D eigenvalue weighted by molar-refractivity contribution is -0.143. The van der Waals surface area contributed by atoms with Crippen LogP contribution in [0.3, 0.4) is 0 Å². The summed E-state index contributed by atoms with van der Waals surface area (Å²) in [5.41, 5.74) is -4.51. The number of benzene rings is 2. The molecule has 0 spiro atoms. The summed E-state index contributed by atoms with van der Waals surface area (Å²) in [4.78, 5) is 20.9. The molecule has 1 aliphatic rings. The number of hydrogen-bond acceptors (Lipinski definition) is 5. The molecule has 0 unspecified atom stereocenters. The van der Waals surface area contributed by atoms with Gasteiger partial charge in [0.15, 0.2) is 0 Å². The Balaban J connectivity index is 1.81. The van der Waals surface area contributed by atoms with Crippen LogP contribution >= 0.6 is 0 Å². The highest BCUT2D eigenvalue weighted by molar-refractivity contribution is 6.03. The second-order valence-electron chi connectivity index (χ2n) is 10.7. The number of β-amino-alcohol motifs (C(OH)–C–C–N with tert-alkyl or cyclic N) is 1. The molecular formula is C29H28F7N3O3. The first-order valence-corrected chi connectivity index (χ1v) is 12.8. The van der Waals surface area contributed by atoms with E-state index in [2.05, 4.69) is 4.98 Å². The SMILES string of the molecule is CN(C(=O)C(C)(C)c1cc(C(F)(F)F)cc(C(F)(F)F)c1)c1cnc(N2C[C@H](O)C[C@H]2CO)cc1-c1ccc(F)cc1. The third-order valence-electron chi connectivity index (χ3n) is 7.43. The van der Waals surface area contributed by atoms with Gasteiger partial charge in [0.05, 0.1) is 47.2 Å². The van der Waals surface area contributed by atoms with Crippen LogP contribution < -0.4 is 9.80 Å². The monoisotopic (exact) mass is 599 g/mol. The molecule has 0 bridgehead atoms. The third-order valence-corrected chi connectivity index (χ3v) is 7.43. The molecule has 2 atom stereocenters. The average Bonchev–Trinajstić information content (AvgIpc) is 3.31. The molecule has 2 N–H and O–H groups in total. The predicted molar refractivity (Wildman–Crippen MR) is 141 cm³/mol. The van der Waals surface area contributed by atoms with E-state index in [1.165, 1.54) is 51.4 Å². The van der Waals surface area contributed by atoms with Crippen LogP contribution in [-0.4, -0.2) is 53.4 Å². The minimum absolute atomic E-state index is 0.00199. The standard InChI is InChI=1S/C29H28F7N3O3/c1-27(2,17-8-18(28(31,32)33)10-19(9-17)29(34,35)36)26(42)38(3)24-13-37-25(39-14-22(41)11-21(39)15-40)12-23(24)16-4-6-20(30)7-5-16/h4-10,12-13,21-22,40-41H,11,14-15H2,1-3H3/t21-,22+/m0/s1. The van der Waals surface area contributed by atoms with Gasteiger partial charge in [0.25, 0.3) is 0 Å². The summed E-state index contributed by atoms with van der Waals surface area (Å²) in [5, 5.41) is 19.9. The fourth-order valence-electron chi connectivity index (χ4n) is 5.04. The van der Waals surface area contributed by atoms with E-state index in [9.17, 15) is 45.7 Å². The number of likely N-dealkylation sites (N-methyl/N-ethyl adjacent to an activating group) is 1. The number of halogens is 7. The van der Waals surface area contributed by atoms with Gasteiger partial charge in [0.2, 0.25) is 5.91 Å². The van der Waals surface area contributed by atoms with Gasteiger partial charge in [-0.2, -0.15) is 26.3 Å². The van der Waals surface area contributed by atoms with Gasteiger partial charge in [-0.1, -0.05) is 12.1 Å². The minimum Gasteiger partial charge on any atom is -0.394 e. The van der Waals surface area contributed by atoms with E-state index < -0.39 is 58.3 Å². The van der Waals surface area contributed by atoms with E-state index in [-0.39, 0.29) is 31.3 Å². The number of aliphatic hydroxyl groups excluding tert-OH is 2. The Morgan fingerprint density at radius 2 is 1.52 bits per heavy atom. The lowest BCUT2D eigenvalue weighted by Crippen LogP contribution is -2.42.